The van der Waals surface area contributed by atoms with Gasteiger partial charge < -0.3 is 21.7 Å². The van der Waals surface area contributed by atoms with Crippen molar-refractivity contribution in [3.05, 3.63) is 29.8 Å². The third-order valence-corrected chi connectivity index (χ3v) is 2.44. The fourth-order valence-electron chi connectivity index (χ4n) is 1.72. The van der Waals surface area contributed by atoms with Crippen LogP contribution in [0.5, 0.6) is 5.75 Å². The van der Waals surface area contributed by atoms with Crippen LogP contribution in [0.4, 0.5) is 8.78 Å². The Balaban J connectivity index is 0.00000112. The topological polar surface area (TPSA) is 9.23 Å². The molecule has 0 bridgehead atoms. The van der Waals surface area contributed by atoms with Crippen LogP contribution in [0, 0.1) is 17.7 Å². The van der Waals surface area contributed by atoms with Crippen LogP contribution in [-0.2, 0) is 0 Å². The first kappa shape index (κ1) is 16.1. The number of halogens is 3. The van der Waals surface area contributed by atoms with Crippen molar-refractivity contribution >= 4 is 23.1 Å². The van der Waals surface area contributed by atoms with Gasteiger partial charge in [-0.1, -0.05) is 0 Å². The summed E-state index contributed by atoms with van der Waals surface area (Å²) in [6.45, 7) is 0. The van der Waals surface area contributed by atoms with Gasteiger partial charge in [0.25, 0.3) is 0 Å². The summed E-state index contributed by atoms with van der Waals surface area (Å²) < 4.78 is 31.5. The first-order valence-corrected chi connectivity index (χ1v) is 4.79. The SMILES string of the molecule is Fc1c[c-]cc(F)c1OC1CCCC1.[Br-].[Mg+2]. The maximum absolute atomic E-state index is 13.1. The summed E-state index contributed by atoms with van der Waals surface area (Å²) in [5.74, 6) is -1.59. The van der Waals surface area contributed by atoms with E-state index in [-0.39, 0.29) is 51.9 Å². The number of ether oxygens (including phenoxy) is 1. The summed E-state index contributed by atoms with van der Waals surface area (Å²) >= 11 is 0. The van der Waals surface area contributed by atoms with E-state index >= 15 is 0 Å². The van der Waals surface area contributed by atoms with E-state index in [4.69, 9.17) is 4.74 Å². The van der Waals surface area contributed by atoms with Gasteiger partial charge in [0.15, 0.2) is 0 Å². The van der Waals surface area contributed by atoms with Crippen LogP contribution in [0.25, 0.3) is 0 Å². The molecular formula is C11H11BrF2MgO. The van der Waals surface area contributed by atoms with Crippen molar-refractivity contribution in [1.29, 1.82) is 0 Å². The number of hydrogen-bond donors (Lipinski definition) is 0. The molecule has 0 radical (unpaired) electrons. The van der Waals surface area contributed by atoms with Gasteiger partial charge >= 0.3 is 23.1 Å². The molecule has 1 aromatic carbocycles. The first-order chi connectivity index (χ1) is 6.77. The average molecular weight is 301 g/mol. The molecule has 0 saturated heterocycles. The van der Waals surface area contributed by atoms with Gasteiger partial charge in [-0.2, -0.15) is 6.07 Å². The van der Waals surface area contributed by atoms with Gasteiger partial charge in [-0.3, -0.25) is 8.78 Å². The second-order valence-corrected chi connectivity index (χ2v) is 3.50. The van der Waals surface area contributed by atoms with Crippen molar-refractivity contribution in [2.45, 2.75) is 31.8 Å². The zero-order chi connectivity index (χ0) is 9.97. The normalized spacial score (nSPS) is 15.1. The van der Waals surface area contributed by atoms with E-state index in [2.05, 4.69) is 6.07 Å². The molecule has 1 aliphatic rings. The quantitative estimate of drug-likeness (QED) is 0.539. The van der Waals surface area contributed by atoms with E-state index in [0.717, 1.165) is 37.8 Å². The minimum Gasteiger partial charge on any atom is -1.00 e. The molecule has 1 saturated carbocycles. The molecule has 0 amide bonds. The third-order valence-electron chi connectivity index (χ3n) is 2.44. The van der Waals surface area contributed by atoms with Gasteiger partial charge in [0, 0.05) is 0 Å². The minimum absolute atomic E-state index is 0. The summed E-state index contributed by atoms with van der Waals surface area (Å²) in [5.41, 5.74) is 0. The molecule has 84 valence electrons. The van der Waals surface area contributed by atoms with Gasteiger partial charge in [-0.15, -0.1) is 12.1 Å². The van der Waals surface area contributed by atoms with Crippen LogP contribution < -0.4 is 21.7 Å². The van der Waals surface area contributed by atoms with Gasteiger partial charge in [-0.05, 0) is 25.7 Å². The molecular weight excluding hydrogens is 290 g/mol. The van der Waals surface area contributed by atoms with Crippen molar-refractivity contribution in [2.24, 2.45) is 0 Å². The Labute approximate surface area is 120 Å². The minimum atomic E-state index is -0.670. The molecule has 1 fully saturated rings. The van der Waals surface area contributed by atoms with Crippen LogP contribution in [-0.4, -0.2) is 29.2 Å². The Bertz CT molecular complexity index is 310. The van der Waals surface area contributed by atoms with E-state index in [0.29, 0.717) is 0 Å². The van der Waals surface area contributed by atoms with Crippen molar-refractivity contribution in [2.75, 3.05) is 0 Å². The Morgan fingerprint density at radius 3 is 2.12 bits per heavy atom. The van der Waals surface area contributed by atoms with Crippen LogP contribution >= 0.6 is 0 Å². The summed E-state index contributed by atoms with van der Waals surface area (Å²) in [6.07, 6.45) is 3.90. The molecule has 0 atom stereocenters. The van der Waals surface area contributed by atoms with Crippen LogP contribution in [0.3, 0.4) is 0 Å². The number of rotatable bonds is 2. The fraction of sp³-hybridized carbons (Fsp3) is 0.455. The Morgan fingerprint density at radius 2 is 1.62 bits per heavy atom. The molecule has 0 aliphatic heterocycles. The molecule has 1 aliphatic carbocycles. The molecule has 0 N–H and O–H groups in total. The predicted octanol–water partition coefficient (Wildman–Crippen LogP) is -0.290. The third kappa shape index (κ3) is 3.86. The maximum Gasteiger partial charge on any atom is 2.00 e. The monoisotopic (exact) mass is 300 g/mol. The molecule has 0 heterocycles. The molecule has 2 rings (SSSR count). The Hall–Kier alpha value is 0.126. The molecule has 0 spiro atoms. The Morgan fingerprint density at radius 1 is 1.12 bits per heavy atom. The molecule has 0 unspecified atom stereocenters. The van der Waals surface area contributed by atoms with Crippen LogP contribution in [0.2, 0.25) is 0 Å². The maximum atomic E-state index is 13.1. The molecule has 1 nitrogen and oxygen atoms in total. The molecule has 16 heavy (non-hydrogen) atoms. The van der Waals surface area contributed by atoms with E-state index in [9.17, 15) is 8.78 Å². The summed E-state index contributed by atoms with van der Waals surface area (Å²) in [7, 11) is 0. The van der Waals surface area contributed by atoms with E-state index in [1.165, 1.54) is 0 Å². The van der Waals surface area contributed by atoms with E-state index in [1.807, 2.05) is 0 Å². The smallest absolute Gasteiger partial charge is 1.00 e. The average Bonchev–Trinajstić information content (AvgIpc) is 2.64. The largest absolute Gasteiger partial charge is 2.00 e. The predicted molar refractivity (Wildman–Crippen MR) is 53.8 cm³/mol. The van der Waals surface area contributed by atoms with Gasteiger partial charge in [0.05, 0.1) is 23.5 Å². The standard InChI is InChI=1S/C11H11F2O.BrH.Mg/c12-9-6-3-7-10(13)11(9)14-8-4-1-2-5-8;;/h6-8H,1-2,4-5H2;1H;/q-1;;+2/p-1. The van der Waals surface area contributed by atoms with Gasteiger partial charge in [0.2, 0.25) is 0 Å². The summed E-state index contributed by atoms with van der Waals surface area (Å²) in [6, 6.07) is 4.55. The zero-order valence-corrected chi connectivity index (χ0v) is 11.8. The zero-order valence-electron chi connectivity index (χ0n) is 8.81. The molecule has 1 aromatic rings. The van der Waals surface area contributed by atoms with Crippen LogP contribution in [0.15, 0.2) is 12.1 Å². The molecule has 0 aromatic heterocycles. The van der Waals surface area contributed by atoms with E-state index < -0.39 is 11.6 Å². The van der Waals surface area contributed by atoms with Crippen LogP contribution in [0.1, 0.15) is 25.7 Å². The summed E-state index contributed by atoms with van der Waals surface area (Å²) in [4.78, 5) is 0. The van der Waals surface area contributed by atoms with Gasteiger partial charge in [0.1, 0.15) is 0 Å². The van der Waals surface area contributed by atoms with Crippen molar-refractivity contribution in [1.82, 2.24) is 0 Å². The van der Waals surface area contributed by atoms with Crippen molar-refractivity contribution in [3.8, 4) is 5.75 Å². The first-order valence-electron chi connectivity index (χ1n) is 4.79. The van der Waals surface area contributed by atoms with Crippen molar-refractivity contribution in [3.63, 3.8) is 0 Å². The van der Waals surface area contributed by atoms with E-state index in [1.54, 1.807) is 0 Å². The second kappa shape index (κ2) is 7.45. The Kier molecular flexibility index (Phi) is 7.51. The molecule has 5 heteroatoms. The van der Waals surface area contributed by atoms with Gasteiger partial charge in [-0.25, -0.2) is 0 Å². The summed E-state index contributed by atoms with van der Waals surface area (Å²) in [5, 5.41) is 0. The second-order valence-electron chi connectivity index (χ2n) is 3.50. The number of hydrogen-bond acceptors (Lipinski definition) is 1. The van der Waals surface area contributed by atoms with Crippen molar-refractivity contribution < 1.29 is 30.5 Å². The fourth-order valence-corrected chi connectivity index (χ4v) is 1.72. The number of benzene rings is 1.